The van der Waals surface area contributed by atoms with Gasteiger partial charge < -0.3 is 4.90 Å². The molecule has 16 heavy (non-hydrogen) atoms. The van der Waals surface area contributed by atoms with Crippen molar-refractivity contribution in [3.05, 3.63) is 0 Å². The SMILES string of the molecule is CCCN(CCN(C)C)C1CCC(=O)CC1. The summed E-state index contributed by atoms with van der Waals surface area (Å²) in [4.78, 5) is 16.0. The first kappa shape index (κ1) is 13.7. The highest BCUT2D eigenvalue weighted by Crippen LogP contribution is 2.20. The second kappa shape index (κ2) is 7.02. The molecular formula is C13H26N2O. The highest BCUT2D eigenvalue weighted by Gasteiger charge is 2.23. The van der Waals surface area contributed by atoms with Gasteiger partial charge in [0.1, 0.15) is 5.78 Å². The number of hydrogen-bond donors (Lipinski definition) is 0. The number of rotatable bonds is 6. The van der Waals surface area contributed by atoms with Gasteiger partial charge in [-0.05, 0) is 39.9 Å². The molecular weight excluding hydrogens is 200 g/mol. The van der Waals surface area contributed by atoms with E-state index in [4.69, 9.17) is 0 Å². The van der Waals surface area contributed by atoms with Gasteiger partial charge in [0.2, 0.25) is 0 Å². The number of likely N-dealkylation sites (N-methyl/N-ethyl adjacent to an activating group) is 1. The Labute approximate surface area is 99.8 Å². The summed E-state index contributed by atoms with van der Waals surface area (Å²) in [6, 6.07) is 0.651. The minimum atomic E-state index is 0.459. The topological polar surface area (TPSA) is 23.6 Å². The first-order valence-corrected chi connectivity index (χ1v) is 6.54. The largest absolute Gasteiger partial charge is 0.308 e. The van der Waals surface area contributed by atoms with Crippen molar-refractivity contribution in [3.63, 3.8) is 0 Å². The number of Topliss-reactive ketones (excluding diaryl/α,β-unsaturated/α-hetero) is 1. The van der Waals surface area contributed by atoms with Crippen LogP contribution in [0.4, 0.5) is 0 Å². The molecule has 1 saturated carbocycles. The molecule has 0 radical (unpaired) electrons. The fourth-order valence-electron chi connectivity index (χ4n) is 2.38. The van der Waals surface area contributed by atoms with Crippen LogP contribution in [0.25, 0.3) is 0 Å². The quantitative estimate of drug-likeness (QED) is 0.689. The molecule has 0 N–H and O–H groups in total. The van der Waals surface area contributed by atoms with E-state index in [1.807, 2.05) is 0 Å². The van der Waals surface area contributed by atoms with E-state index in [-0.39, 0.29) is 0 Å². The summed E-state index contributed by atoms with van der Waals surface area (Å²) in [5.41, 5.74) is 0. The fourth-order valence-corrected chi connectivity index (χ4v) is 2.38. The van der Waals surface area contributed by atoms with Gasteiger partial charge in [-0.3, -0.25) is 9.69 Å². The Kier molecular flexibility index (Phi) is 5.99. The molecule has 0 spiro atoms. The summed E-state index contributed by atoms with van der Waals surface area (Å²) < 4.78 is 0. The van der Waals surface area contributed by atoms with Crippen LogP contribution < -0.4 is 0 Å². The maximum atomic E-state index is 11.2. The van der Waals surface area contributed by atoms with Crippen molar-refractivity contribution in [1.82, 2.24) is 9.80 Å². The molecule has 3 nitrogen and oxygen atoms in total. The van der Waals surface area contributed by atoms with E-state index >= 15 is 0 Å². The van der Waals surface area contributed by atoms with E-state index in [0.717, 1.165) is 38.8 Å². The summed E-state index contributed by atoms with van der Waals surface area (Å²) in [5.74, 6) is 0.459. The van der Waals surface area contributed by atoms with Crippen LogP contribution in [0.3, 0.4) is 0 Å². The van der Waals surface area contributed by atoms with Crippen LogP contribution in [0.1, 0.15) is 39.0 Å². The molecule has 0 aromatic rings. The van der Waals surface area contributed by atoms with E-state index in [2.05, 4.69) is 30.8 Å². The van der Waals surface area contributed by atoms with E-state index in [1.54, 1.807) is 0 Å². The second-order valence-corrected chi connectivity index (χ2v) is 5.11. The van der Waals surface area contributed by atoms with Crippen molar-refractivity contribution >= 4 is 5.78 Å². The molecule has 1 aliphatic carbocycles. The Morgan fingerprint density at radius 2 is 1.75 bits per heavy atom. The van der Waals surface area contributed by atoms with Gasteiger partial charge in [0, 0.05) is 32.0 Å². The Morgan fingerprint density at radius 3 is 2.25 bits per heavy atom. The van der Waals surface area contributed by atoms with Gasteiger partial charge in [-0.15, -0.1) is 0 Å². The lowest BCUT2D eigenvalue weighted by molar-refractivity contribution is -0.121. The summed E-state index contributed by atoms with van der Waals surface area (Å²) in [6.07, 6.45) is 4.95. The minimum absolute atomic E-state index is 0.459. The lowest BCUT2D eigenvalue weighted by Gasteiger charge is -2.34. The Hall–Kier alpha value is -0.410. The third-order valence-corrected chi connectivity index (χ3v) is 3.37. The van der Waals surface area contributed by atoms with Crippen LogP contribution in [-0.4, -0.2) is 55.4 Å². The van der Waals surface area contributed by atoms with E-state index in [9.17, 15) is 4.79 Å². The minimum Gasteiger partial charge on any atom is -0.308 e. The van der Waals surface area contributed by atoms with Gasteiger partial charge in [0.25, 0.3) is 0 Å². The van der Waals surface area contributed by atoms with E-state index in [1.165, 1.54) is 13.0 Å². The lowest BCUT2D eigenvalue weighted by Crippen LogP contribution is -2.42. The van der Waals surface area contributed by atoms with Crippen LogP contribution in [-0.2, 0) is 4.79 Å². The Morgan fingerprint density at radius 1 is 1.12 bits per heavy atom. The predicted molar refractivity (Wildman–Crippen MR) is 67.7 cm³/mol. The van der Waals surface area contributed by atoms with Gasteiger partial charge in [-0.25, -0.2) is 0 Å². The number of nitrogens with zero attached hydrogens (tertiary/aromatic N) is 2. The van der Waals surface area contributed by atoms with Crippen LogP contribution in [0.5, 0.6) is 0 Å². The van der Waals surface area contributed by atoms with E-state index in [0.29, 0.717) is 11.8 Å². The first-order valence-electron chi connectivity index (χ1n) is 6.54. The summed E-state index contributed by atoms with van der Waals surface area (Å²) in [5, 5.41) is 0. The highest BCUT2D eigenvalue weighted by molar-refractivity contribution is 5.79. The fraction of sp³-hybridized carbons (Fsp3) is 0.923. The van der Waals surface area contributed by atoms with Crippen molar-refractivity contribution in [3.8, 4) is 0 Å². The summed E-state index contributed by atoms with van der Waals surface area (Å²) >= 11 is 0. The van der Waals surface area contributed by atoms with Crippen LogP contribution in [0, 0.1) is 0 Å². The zero-order chi connectivity index (χ0) is 12.0. The van der Waals surface area contributed by atoms with Gasteiger partial charge in [-0.2, -0.15) is 0 Å². The van der Waals surface area contributed by atoms with Crippen LogP contribution in [0.2, 0.25) is 0 Å². The van der Waals surface area contributed by atoms with Crippen LogP contribution in [0.15, 0.2) is 0 Å². The Bertz CT molecular complexity index is 206. The zero-order valence-electron chi connectivity index (χ0n) is 11.0. The summed E-state index contributed by atoms with van der Waals surface area (Å²) in [6.45, 7) is 5.66. The van der Waals surface area contributed by atoms with Gasteiger partial charge in [0.05, 0.1) is 0 Å². The molecule has 3 heteroatoms. The third-order valence-electron chi connectivity index (χ3n) is 3.37. The molecule has 1 rings (SSSR count). The molecule has 0 heterocycles. The average molecular weight is 226 g/mol. The molecule has 0 aromatic carbocycles. The molecule has 0 aliphatic heterocycles. The van der Waals surface area contributed by atoms with Crippen molar-refractivity contribution in [2.75, 3.05) is 33.7 Å². The number of carbonyl (C=O) groups excluding carboxylic acids is 1. The normalized spacial score (nSPS) is 18.7. The van der Waals surface area contributed by atoms with Crippen LogP contribution >= 0.6 is 0 Å². The van der Waals surface area contributed by atoms with Gasteiger partial charge in [-0.1, -0.05) is 6.92 Å². The predicted octanol–water partition coefficient (Wildman–Crippen LogP) is 1.77. The highest BCUT2D eigenvalue weighted by atomic mass is 16.1. The number of carbonyl (C=O) groups is 1. The molecule has 0 bridgehead atoms. The molecule has 0 saturated heterocycles. The van der Waals surface area contributed by atoms with E-state index < -0.39 is 0 Å². The van der Waals surface area contributed by atoms with Gasteiger partial charge in [0.15, 0.2) is 0 Å². The molecule has 94 valence electrons. The van der Waals surface area contributed by atoms with Crippen molar-refractivity contribution in [1.29, 1.82) is 0 Å². The maximum absolute atomic E-state index is 11.2. The lowest BCUT2D eigenvalue weighted by atomic mass is 9.93. The monoisotopic (exact) mass is 226 g/mol. The molecule has 0 aromatic heterocycles. The summed E-state index contributed by atoms with van der Waals surface area (Å²) in [7, 11) is 4.24. The standard InChI is InChI=1S/C13H26N2O/c1-4-9-15(11-10-14(2)3)12-5-7-13(16)8-6-12/h12H,4-11H2,1-3H3. The molecule has 0 amide bonds. The Balaban J connectivity index is 2.39. The number of ketones is 1. The van der Waals surface area contributed by atoms with Crippen molar-refractivity contribution in [2.45, 2.75) is 45.1 Å². The molecule has 0 unspecified atom stereocenters. The smallest absolute Gasteiger partial charge is 0.133 e. The third kappa shape index (κ3) is 4.62. The molecule has 1 aliphatic rings. The number of hydrogen-bond acceptors (Lipinski definition) is 3. The first-order chi connectivity index (χ1) is 7.63. The molecule has 1 fully saturated rings. The average Bonchev–Trinajstić information content (AvgIpc) is 2.25. The maximum Gasteiger partial charge on any atom is 0.133 e. The zero-order valence-corrected chi connectivity index (χ0v) is 11.0. The second-order valence-electron chi connectivity index (χ2n) is 5.11. The van der Waals surface area contributed by atoms with Crippen molar-refractivity contribution < 1.29 is 4.79 Å². The van der Waals surface area contributed by atoms with Gasteiger partial charge >= 0.3 is 0 Å². The molecule has 0 atom stereocenters. The van der Waals surface area contributed by atoms with Crippen molar-refractivity contribution in [2.24, 2.45) is 0 Å².